The fourth-order valence-corrected chi connectivity index (χ4v) is 5.99. The Balaban J connectivity index is 1.52. The van der Waals surface area contributed by atoms with Crippen LogP contribution in [0.3, 0.4) is 0 Å². The standard InChI is InChI=1S/C38H36N4/c1-5-15-29-30-19-11-13-23-35(30)42(34(29)6-2)26(3)24-25-27-18-14-22-33-36(27)37(31-20-10-12-21-32(31)39-4)41-38(40-33)28-16-8-7-9-17-28/h5-6,8,10-26,39H,2,7,9H2,1,3-4H3/b15-5-,25-24-. The van der Waals surface area contributed by atoms with Gasteiger partial charge in [-0.25, -0.2) is 9.97 Å². The second-order valence-electron chi connectivity index (χ2n) is 10.6. The van der Waals surface area contributed by atoms with E-state index in [-0.39, 0.29) is 6.04 Å². The van der Waals surface area contributed by atoms with Crippen molar-refractivity contribution >= 4 is 51.3 Å². The second-order valence-corrected chi connectivity index (χ2v) is 10.6. The molecule has 2 heterocycles. The number of hydrogen-bond donors (Lipinski definition) is 1. The largest absolute Gasteiger partial charge is 0.388 e. The van der Waals surface area contributed by atoms with Crippen molar-refractivity contribution in [2.45, 2.75) is 32.7 Å². The molecule has 1 unspecified atom stereocenters. The van der Waals surface area contributed by atoms with Crippen molar-refractivity contribution in [3.8, 4) is 11.3 Å². The van der Waals surface area contributed by atoms with Crippen LogP contribution in [0.5, 0.6) is 0 Å². The molecule has 4 nitrogen and oxygen atoms in total. The zero-order valence-electron chi connectivity index (χ0n) is 24.5. The van der Waals surface area contributed by atoms with Crippen LogP contribution in [-0.4, -0.2) is 21.6 Å². The van der Waals surface area contributed by atoms with Crippen molar-refractivity contribution in [2.75, 3.05) is 12.4 Å². The minimum absolute atomic E-state index is 0.0860. The molecule has 0 amide bonds. The lowest BCUT2D eigenvalue weighted by Gasteiger charge is -2.16. The fraction of sp³-hybridized carbons (Fsp3) is 0.158. The summed E-state index contributed by atoms with van der Waals surface area (Å²) in [6.07, 6.45) is 19.4. The summed E-state index contributed by atoms with van der Waals surface area (Å²) >= 11 is 0. The Bertz CT molecular complexity index is 1920. The van der Waals surface area contributed by atoms with Crippen LogP contribution in [0.15, 0.2) is 104 Å². The normalized spacial score (nSPS) is 14.2. The van der Waals surface area contributed by atoms with Gasteiger partial charge in [-0.1, -0.05) is 97.6 Å². The minimum Gasteiger partial charge on any atom is -0.388 e. The molecule has 0 bridgehead atoms. The van der Waals surface area contributed by atoms with Crippen LogP contribution < -0.4 is 5.32 Å². The first-order valence-corrected chi connectivity index (χ1v) is 14.7. The molecule has 1 aliphatic carbocycles. The highest BCUT2D eigenvalue weighted by atomic mass is 15.0. The lowest BCUT2D eigenvalue weighted by atomic mass is 9.98. The Morgan fingerprint density at radius 1 is 0.952 bits per heavy atom. The van der Waals surface area contributed by atoms with E-state index in [1.807, 2.05) is 13.1 Å². The molecule has 208 valence electrons. The predicted molar refractivity (Wildman–Crippen MR) is 181 cm³/mol. The maximum absolute atomic E-state index is 5.21. The maximum atomic E-state index is 5.21. The van der Waals surface area contributed by atoms with Crippen molar-refractivity contribution in [3.63, 3.8) is 0 Å². The highest BCUT2D eigenvalue weighted by Crippen LogP contribution is 2.36. The summed E-state index contributed by atoms with van der Waals surface area (Å²) in [5.74, 6) is 0.764. The van der Waals surface area contributed by atoms with Crippen molar-refractivity contribution in [1.82, 2.24) is 14.5 Å². The molecule has 0 saturated carbocycles. The van der Waals surface area contributed by atoms with E-state index in [9.17, 15) is 0 Å². The number of hydrogen-bond acceptors (Lipinski definition) is 3. The Kier molecular flexibility index (Phi) is 7.70. The van der Waals surface area contributed by atoms with Crippen molar-refractivity contribution in [3.05, 3.63) is 126 Å². The number of aromatic nitrogens is 3. The number of para-hydroxylation sites is 2. The molecular formula is C38H36N4. The SMILES string of the molecule is C=Cc1c(/C=C\C)c2ccccc2n1C(C)/C=C\c1cccc2nc(C3=CCCC=C3)nc(-c3ccccc3NC)c12. The first-order valence-electron chi connectivity index (χ1n) is 14.7. The van der Waals surface area contributed by atoms with E-state index in [1.165, 1.54) is 16.5 Å². The van der Waals surface area contributed by atoms with Crippen LogP contribution in [0.1, 0.15) is 55.4 Å². The average molecular weight is 549 g/mol. The highest BCUT2D eigenvalue weighted by molar-refractivity contribution is 6.01. The monoisotopic (exact) mass is 548 g/mol. The summed E-state index contributed by atoms with van der Waals surface area (Å²) in [4.78, 5) is 10.3. The number of nitrogens with one attached hydrogen (secondary N) is 1. The maximum Gasteiger partial charge on any atom is 0.160 e. The molecule has 4 heteroatoms. The zero-order chi connectivity index (χ0) is 29.1. The predicted octanol–water partition coefficient (Wildman–Crippen LogP) is 9.98. The third-order valence-corrected chi connectivity index (χ3v) is 7.94. The fourth-order valence-electron chi connectivity index (χ4n) is 5.99. The van der Waals surface area contributed by atoms with Gasteiger partial charge in [0.2, 0.25) is 0 Å². The number of fused-ring (bicyclic) bond motifs is 2. The smallest absolute Gasteiger partial charge is 0.160 e. The lowest BCUT2D eigenvalue weighted by Crippen LogP contribution is -2.04. The Morgan fingerprint density at radius 2 is 1.79 bits per heavy atom. The van der Waals surface area contributed by atoms with Crippen LogP contribution in [0.4, 0.5) is 5.69 Å². The molecule has 0 aliphatic heterocycles. The molecule has 3 aromatic carbocycles. The third-order valence-electron chi connectivity index (χ3n) is 7.94. The molecule has 1 N–H and O–H groups in total. The van der Waals surface area contributed by atoms with Crippen LogP contribution >= 0.6 is 0 Å². The summed E-state index contributed by atoms with van der Waals surface area (Å²) in [6.45, 7) is 8.46. The molecular weight excluding hydrogens is 512 g/mol. The number of rotatable bonds is 8. The van der Waals surface area contributed by atoms with Crippen LogP contribution in [-0.2, 0) is 0 Å². The van der Waals surface area contributed by atoms with Crippen molar-refractivity contribution in [2.24, 2.45) is 0 Å². The zero-order valence-corrected chi connectivity index (χ0v) is 24.5. The van der Waals surface area contributed by atoms with Gasteiger partial charge in [-0.2, -0.15) is 0 Å². The number of nitrogens with zero attached hydrogens (tertiary/aromatic N) is 3. The van der Waals surface area contributed by atoms with Gasteiger partial charge in [0, 0.05) is 57.5 Å². The van der Waals surface area contributed by atoms with Gasteiger partial charge in [0.25, 0.3) is 0 Å². The van der Waals surface area contributed by atoms with E-state index < -0.39 is 0 Å². The van der Waals surface area contributed by atoms with Crippen molar-refractivity contribution in [1.29, 1.82) is 0 Å². The molecule has 0 spiro atoms. The summed E-state index contributed by atoms with van der Waals surface area (Å²) in [5, 5.41) is 5.64. The molecule has 1 atom stereocenters. The molecule has 42 heavy (non-hydrogen) atoms. The van der Waals surface area contributed by atoms with Gasteiger partial charge in [0.15, 0.2) is 5.82 Å². The molecule has 1 aliphatic rings. The summed E-state index contributed by atoms with van der Waals surface area (Å²) in [7, 11) is 1.96. The van der Waals surface area contributed by atoms with E-state index in [0.29, 0.717) is 0 Å². The van der Waals surface area contributed by atoms with Gasteiger partial charge >= 0.3 is 0 Å². The van der Waals surface area contributed by atoms with Crippen molar-refractivity contribution < 1.29 is 0 Å². The van der Waals surface area contributed by atoms with Crippen LogP contribution in [0.2, 0.25) is 0 Å². The molecule has 0 fully saturated rings. The Hall–Kier alpha value is -4.96. The van der Waals surface area contributed by atoms with E-state index in [2.05, 4.69) is 140 Å². The van der Waals surface area contributed by atoms with Gasteiger partial charge in [-0.15, -0.1) is 0 Å². The first-order chi connectivity index (χ1) is 20.6. The summed E-state index contributed by atoms with van der Waals surface area (Å²) in [5.41, 5.74) is 9.64. The molecule has 0 saturated heterocycles. The lowest BCUT2D eigenvalue weighted by molar-refractivity contribution is 0.684. The molecule has 2 aromatic heterocycles. The van der Waals surface area contributed by atoms with E-state index in [0.717, 1.165) is 63.3 Å². The van der Waals surface area contributed by atoms with E-state index >= 15 is 0 Å². The topological polar surface area (TPSA) is 42.7 Å². The quantitative estimate of drug-likeness (QED) is 0.210. The van der Waals surface area contributed by atoms with Gasteiger partial charge < -0.3 is 9.88 Å². The number of allylic oxidation sites excluding steroid dienone is 6. The minimum atomic E-state index is 0.0860. The molecule has 0 radical (unpaired) electrons. The second kappa shape index (κ2) is 11.9. The van der Waals surface area contributed by atoms with Gasteiger partial charge in [-0.05, 0) is 56.5 Å². The Labute approximate surface area is 248 Å². The first kappa shape index (κ1) is 27.2. The summed E-state index contributed by atoms with van der Waals surface area (Å²) in [6, 6.07) is 23.4. The van der Waals surface area contributed by atoms with E-state index in [4.69, 9.17) is 9.97 Å². The van der Waals surface area contributed by atoms with Gasteiger partial charge in [-0.3, -0.25) is 0 Å². The van der Waals surface area contributed by atoms with Crippen LogP contribution in [0.25, 0.3) is 56.9 Å². The third kappa shape index (κ3) is 4.90. The average Bonchev–Trinajstić information content (AvgIpc) is 3.36. The van der Waals surface area contributed by atoms with E-state index in [1.54, 1.807) is 0 Å². The number of benzene rings is 3. The van der Waals surface area contributed by atoms with Gasteiger partial charge in [0.05, 0.1) is 11.2 Å². The number of anilines is 1. The van der Waals surface area contributed by atoms with Gasteiger partial charge in [0.1, 0.15) is 0 Å². The highest BCUT2D eigenvalue weighted by Gasteiger charge is 2.18. The van der Waals surface area contributed by atoms with Crippen LogP contribution in [0, 0.1) is 0 Å². The molecule has 5 aromatic rings. The summed E-state index contributed by atoms with van der Waals surface area (Å²) < 4.78 is 2.37. The molecule has 6 rings (SSSR count). The Morgan fingerprint density at radius 3 is 2.57 bits per heavy atom.